The number of carboxylic acids is 2. The molecule has 0 aliphatic heterocycles. The zero-order valence-corrected chi connectivity index (χ0v) is 15.8. The van der Waals surface area contributed by atoms with Crippen molar-refractivity contribution in [3.63, 3.8) is 0 Å². The van der Waals surface area contributed by atoms with Gasteiger partial charge < -0.3 is 10.2 Å². The van der Waals surface area contributed by atoms with Gasteiger partial charge >= 0.3 is 11.9 Å². The van der Waals surface area contributed by atoms with Crippen LogP contribution in [0.4, 0.5) is 0 Å². The average Bonchev–Trinajstić information content (AvgIpc) is 2.58. The van der Waals surface area contributed by atoms with Crippen LogP contribution in [0.3, 0.4) is 0 Å². The molecule has 4 nitrogen and oxygen atoms in total. The molecule has 0 amide bonds. The minimum absolute atomic E-state index is 0.210. The predicted octanol–water partition coefficient (Wildman–Crippen LogP) is 5.81. The first-order valence-electron chi connectivity index (χ1n) is 10.2. The van der Waals surface area contributed by atoms with Crippen molar-refractivity contribution >= 4 is 11.9 Å². The second kappa shape index (κ2) is 13.0. The molecule has 2 N–H and O–H groups in total. The fraction of sp³-hybridized carbons (Fsp3) is 0.810. The summed E-state index contributed by atoms with van der Waals surface area (Å²) in [6.07, 6.45) is 16.1. The van der Waals surface area contributed by atoms with Crippen LogP contribution in [0.5, 0.6) is 0 Å². The number of carbonyl (C=O) groups is 2. The normalized spacial score (nSPS) is 20.3. The Labute approximate surface area is 152 Å². The molecule has 1 aliphatic rings. The van der Waals surface area contributed by atoms with Crippen molar-refractivity contribution in [2.24, 2.45) is 11.8 Å². The molecular weight excluding hydrogens is 316 g/mol. The molecule has 0 spiro atoms. The quantitative estimate of drug-likeness (QED) is 0.305. The van der Waals surface area contributed by atoms with Crippen LogP contribution in [0.2, 0.25) is 0 Å². The van der Waals surface area contributed by atoms with Crippen molar-refractivity contribution in [3.05, 3.63) is 11.6 Å². The maximum absolute atomic E-state index is 11.6. The molecule has 0 radical (unpaired) electrons. The minimum atomic E-state index is -0.719. The summed E-state index contributed by atoms with van der Waals surface area (Å²) >= 11 is 0. The van der Waals surface area contributed by atoms with E-state index < -0.39 is 11.9 Å². The van der Waals surface area contributed by atoms with E-state index in [9.17, 15) is 14.7 Å². The third-order valence-electron chi connectivity index (χ3n) is 5.39. The number of unbranched alkanes of at least 4 members (excludes halogenated alkanes) is 7. The van der Waals surface area contributed by atoms with E-state index in [2.05, 4.69) is 13.0 Å². The van der Waals surface area contributed by atoms with Crippen LogP contribution in [0.1, 0.15) is 96.8 Å². The van der Waals surface area contributed by atoms with Crippen molar-refractivity contribution in [2.45, 2.75) is 96.8 Å². The Hall–Kier alpha value is -1.32. The number of hydrogen-bond acceptors (Lipinski definition) is 2. The molecule has 2 unspecified atom stereocenters. The van der Waals surface area contributed by atoms with Gasteiger partial charge in [0, 0.05) is 6.42 Å². The Balaban J connectivity index is 2.27. The highest BCUT2D eigenvalue weighted by Crippen LogP contribution is 2.35. The predicted molar refractivity (Wildman–Crippen MR) is 101 cm³/mol. The third-order valence-corrected chi connectivity index (χ3v) is 5.39. The Morgan fingerprint density at radius 3 is 2.36 bits per heavy atom. The number of hydrogen-bond donors (Lipinski definition) is 2. The zero-order valence-electron chi connectivity index (χ0n) is 15.8. The van der Waals surface area contributed by atoms with Gasteiger partial charge in [0.1, 0.15) is 0 Å². The van der Waals surface area contributed by atoms with Crippen LogP contribution < -0.4 is 0 Å². The number of aliphatic carboxylic acids is 2. The van der Waals surface area contributed by atoms with E-state index in [0.29, 0.717) is 0 Å². The lowest BCUT2D eigenvalue weighted by Crippen LogP contribution is -2.26. The third kappa shape index (κ3) is 9.66. The molecule has 0 aromatic heterocycles. The van der Waals surface area contributed by atoms with Gasteiger partial charge in [-0.1, -0.05) is 63.5 Å². The Kier molecular flexibility index (Phi) is 11.3. The van der Waals surface area contributed by atoms with Crippen molar-refractivity contribution < 1.29 is 19.8 Å². The second-order valence-electron chi connectivity index (χ2n) is 7.52. The van der Waals surface area contributed by atoms with Gasteiger partial charge in [-0.15, -0.1) is 0 Å². The fourth-order valence-corrected chi connectivity index (χ4v) is 3.82. The maximum atomic E-state index is 11.6. The standard InChI is InChI=1S/C21H36O4/c1-2-3-4-8-11-17-14-15-18(19(16-17)21(24)25)12-9-6-5-7-10-13-20(22)23/h14,18-19H,2-13,15-16H2,1H3,(H,22,23)(H,24,25). The number of carboxylic acid groups (broad SMARTS) is 2. The summed E-state index contributed by atoms with van der Waals surface area (Å²) in [4.78, 5) is 22.1. The van der Waals surface area contributed by atoms with Crippen LogP contribution in [-0.4, -0.2) is 22.2 Å². The van der Waals surface area contributed by atoms with Crippen LogP contribution in [0.25, 0.3) is 0 Å². The van der Waals surface area contributed by atoms with E-state index in [1.165, 1.54) is 31.3 Å². The number of rotatable bonds is 14. The Morgan fingerprint density at radius 2 is 1.68 bits per heavy atom. The maximum Gasteiger partial charge on any atom is 0.307 e. The molecule has 0 aromatic carbocycles. The van der Waals surface area contributed by atoms with Gasteiger partial charge in [0.2, 0.25) is 0 Å². The minimum Gasteiger partial charge on any atom is -0.481 e. The summed E-state index contributed by atoms with van der Waals surface area (Å²) in [7, 11) is 0. The van der Waals surface area contributed by atoms with Crippen LogP contribution in [-0.2, 0) is 9.59 Å². The first-order chi connectivity index (χ1) is 12.0. The van der Waals surface area contributed by atoms with Gasteiger partial charge in [-0.05, 0) is 44.4 Å². The molecule has 0 heterocycles. The van der Waals surface area contributed by atoms with Gasteiger partial charge in [0.15, 0.2) is 0 Å². The van der Waals surface area contributed by atoms with Crippen molar-refractivity contribution in [1.82, 2.24) is 0 Å². The van der Waals surface area contributed by atoms with Crippen LogP contribution >= 0.6 is 0 Å². The van der Waals surface area contributed by atoms with Crippen molar-refractivity contribution in [3.8, 4) is 0 Å². The summed E-state index contributed by atoms with van der Waals surface area (Å²) in [5.41, 5.74) is 1.36. The summed E-state index contributed by atoms with van der Waals surface area (Å²) in [5, 5.41) is 18.2. The smallest absolute Gasteiger partial charge is 0.307 e. The average molecular weight is 353 g/mol. The van der Waals surface area contributed by atoms with E-state index in [-0.39, 0.29) is 18.3 Å². The SMILES string of the molecule is CCCCCCC1=CCC(CCCCCCCC(=O)O)C(C(=O)O)C1. The lowest BCUT2D eigenvalue weighted by Gasteiger charge is -2.28. The largest absolute Gasteiger partial charge is 0.481 e. The van der Waals surface area contributed by atoms with Gasteiger partial charge in [0.05, 0.1) is 5.92 Å². The van der Waals surface area contributed by atoms with E-state index in [4.69, 9.17) is 5.11 Å². The monoisotopic (exact) mass is 352 g/mol. The molecule has 4 heteroatoms. The molecular formula is C21H36O4. The van der Waals surface area contributed by atoms with Crippen LogP contribution in [0, 0.1) is 11.8 Å². The molecule has 1 aliphatic carbocycles. The number of allylic oxidation sites excluding steroid dienone is 2. The fourth-order valence-electron chi connectivity index (χ4n) is 3.82. The van der Waals surface area contributed by atoms with Crippen LogP contribution in [0.15, 0.2) is 11.6 Å². The van der Waals surface area contributed by atoms with E-state index >= 15 is 0 Å². The molecule has 0 fully saturated rings. The first kappa shape index (κ1) is 21.7. The van der Waals surface area contributed by atoms with Gasteiger partial charge in [-0.3, -0.25) is 9.59 Å². The molecule has 0 bridgehead atoms. The second-order valence-corrected chi connectivity index (χ2v) is 7.52. The molecule has 2 atom stereocenters. The lowest BCUT2D eigenvalue weighted by molar-refractivity contribution is -0.144. The molecule has 25 heavy (non-hydrogen) atoms. The highest BCUT2D eigenvalue weighted by Gasteiger charge is 2.30. The summed E-state index contributed by atoms with van der Waals surface area (Å²) < 4.78 is 0. The van der Waals surface area contributed by atoms with E-state index in [1.807, 2.05) is 0 Å². The van der Waals surface area contributed by atoms with Gasteiger partial charge in [-0.2, -0.15) is 0 Å². The Bertz CT molecular complexity index is 428. The molecule has 0 saturated carbocycles. The van der Waals surface area contributed by atoms with Gasteiger partial charge in [-0.25, -0.2) is 0 Å². The zero-order chi connectivity index (χ0) is 18.5. The van der Waals surface area contributed by atoms with Crippen molar-refractivity contribution in [2.75, 3.05) is 0 Å². The van der Waals surface area contributed by atoms with Gasteiger partial charge in [0.25, 0.3) is 0 Å². The topological polar surface area (TPSA) is 74.6 Å². The highest BCUT2D eigenvalue weighted by atomic mass is 16.4. The molecule has 1 rings (SSSR count). The lowest BCUT2D eigenvalue weighted by atomic mass is 9.76. The van der Waals surface area contributed by atoms with Crippen molar-refractivity contribution in [1.29, 1.82) is 0 Å². The summed E-state index contributed by atoms with van der Waals surface area (Å²) in [6, 6.07) is 0. The summed E-state index contributed by atoms with van der Waals surface area (Å²) in [6.45, 7) is 2.21. The van der Waals surface area contributed by atoms with E-state index in [0.717, 1.165) is 57.8 Å². The highest BCUT2D eigenvalue weighted by molar-refractivity contribution is 5.71. The molecule has 0 aromatic rings. The van der Waals surface area contributed by atoms with E-state index in [1.54, 1.807) is 0 Å². The molecule has 144 valence electrons. The Morgan fingerprint density at radius 1 is 1.00 bits per heavy atom. The first-order valence-corrected chi connectivity index (χ1v) is 10.2. The summed E-state index contributed by atoms with van der Waals surface area (Å²) in [5.74, 6) is -1.29. The molecule has 0 saturated heterocycles.